The second-order valence-corrected chi connectivity index (χ2v) is 10.1. The van der Waals surface area contributed by atoms with Gasteiger partial charge in [0.25, 0.3) is 0 Å². The molecule has 0 amide bonds. The molecule has 1 atom stereocenters. The molecule has 31 heavy (non-hydrogen) atoms. The molecule has 0 aliphatic heterocycles. The third-order valence-corrected chi connectivity index (χ3v) is 7.83. The number of carbonyl (C=O) groups is 1. The number of thioether (sulfide) groups is 1. The van der Waals surface area contributed by atoms with Gasteiger partial charge in [-0.25, -0.2) is 17.9 Å². The summed E-state index contributed by atoms with van der Waals surface area (Å²) in [5.74, 6) is -0.439. The Bertz CT molecular complexity index is 1240. The molecule has 1 aliphatic rings. The average molecular weight is 452 g/mol. The summed E-state index contributed by atoms with van der Waals surface area (Å²) in [7, 11) is -3.56. The number of nitrogens with one attached hydrogen (secondary N) is 1. The van der Waals surface area contributed by atoms with Crippen molar-refractivity contribution in [2.24, 2.45) is 0 Å². The van der Waals surface area contributed by atoms with Crippen molar-refractivity contribution in [2.45, 2.75) is 10.1 Å². The number of carboxylic acid groups (broad SMARTS) is 1. The van der Waals surface area contributed by atoms with Gasteiger partial charge in [0.2, 0.25) is 10.0 Å². The minimum atomic E-state index is -3.56. The van der Waals surface area contributed by atoms with Crippen molar-refractivity contribution in [3.63, 3.8) is 0 Å². The van der Waals surface area contributed by atoms with E-state index in [9.17, 15) is 18.3 Å². The second kappa shape index (κ2) is 9.09. The Labute approximate surface area is 185 Å². The minimum Gasteiger partial charge on any atom is -0.478 e. The zero-order valence-electron chi connectivity index (χ0n) is 16.6. The van der Waals surface area contributed by atoms with Gasteiger partial charge in [-0.05, 0) is 46.5 Å². The molecule has 0 bridgehead atoms. The first-order valence-corrected chi connectivity index (χ1v) is 12.3. The minimum absolute atomic E-state index is 0.110. The number of sulfonamides is 1. The highest BCUT2D eigenvalue weighted by atomic mass is 32.2. The first-order chi connectivity index (χ1) is 15.0. The molecule has 4 rings (SSSR count). The van der Waals surface area contributed by atoms with E-state index in [0.717, 1.165) is 22.3 Å². The largest absolute Gasteiger partial charge is 0.478 e. The summed E-state index contributed by atoms with van der Waals surface area (Å²) in [5.41, 5.74) is 4.26. The van der Waals surface area contributed by atoms with E-state index in [0.29, 0.717) is 5.75 Å². The number of rotatable bonds is 7. The third kappa shape index (κ3) is 4.74. The predicted octanol–water partition coefficient (Wildman–Crippen LogP) is 4.67. The lowest BCUT2D eigenvalue weighted by atomic mass is 9.97. The van der Waals surface area contributed by atoms with Gasteiger partial charge in [-0.2, -0.15) is 0 Å². The van der Waals surface area contributed by atoms with Gasteiger partial charge in [0.05, 0.1) is 15.7 Å². The number of fused-ring (bicyclic) bond motifs is 2. The highest BCUT2D eigenvalue weighted by Crippen LogP contribution is 2.42. The number of aromatic carboxylic acids is 1. The predicted molar refractivity (Wildman–Crippen MR) is 125 cm³/mol. The van der Waals surface area contributed by atoms with Crippen molar-refractivity contribution in [1.29, 1.82) is 0 Å². The normalized spacial score (nSPS) is 15.0. The van der Waals surface area contributed by atoms with Crippen LogP contribution in [0, 0.1) is 0 Å². The van der Waals surface area contributed by atoms with Crippen LogP contribution in [0.1, 0.15) is 37.9 Å². The topological polar surface area (TPSA) is 83.5 Å². The van der Waals surface area contributed by atoms with Crippen LogP contribution in [0.5, 0.6) is 0 Å². The molecule has 2 N–H and O–H groups in total. The molecule has 5 nitrogen and oxygen atoms in total. The van der Waals surface area contributed by atoms with Crippen LogP contribution >= 0.6 is 11.8 Å². The Morgan fingerprint density at radius 3 is 2.32 bits per heavy atom. The molecule has 158 valence electrons. The molecule has 3 aromatic rings. The fourth-order valence-electron chi connectivity index (χ4n) is 3.55. The standard InChI is InChI=1S/C24H21NO4S2/c26-24(27)19-13-12-18-11-10-17-6-4-5-9-21(17)23(22(18)16-19)30-15-14-25-31(28,29)20-7-2-1-3-8-20/h1-13,16,23,25H,14-15H2,(H,26,27). The molecule has 0 saturated heterocycles. The Hall–Kier alpha value is -2.87. The molecule has 0 radical (unpaired) electrons. The average Bonchev–Trinajstić information content (AvgIpc) is 2.94. The van der Waals surface area contributed by atoms with Crippen LogP contribution in [0.15, 0.2) is 77.7 Å². The van der Waals surface area contributed by atoms with Gasteiger partial charge in [0, 0.05) is 12.3 Å². The number of hydrogen-bond donors (Lipinski definition) is 2. The lowest BCUT2D eigenvalue weighted by Crippen LogP contribution is -2.26. The van der Waals surface area contributed by atoms with Crippen LogP contribution in [0.25, 0.3) is 12.2 Å². The van der Waals surface area contributed by atoms with Crippen molar-refractivity contribution in [3.05, 3.63) is 101 Å². The van der Waals surface area contributed by atoms with Crippen LogP contribution in [0.2, 0.25) is 0 Å². The SMILES string of the molecule is O=C(O)c1ccc2c(c1)C(SCCNS(=O)(=O)c1ccccc1)c1ccccc1C=C2. The van der Waals surface area contributed by atoms with Crippen molar-refractivity contribution in [1.82, 2.24) is 4.72 Å². The van der Waals surface area contributed by atoms with E-state index in [-0.39, 0.29) is 22.3 Å². The fourth-order valence-corrected chi connectivity index (χ4v) is 5.97. The van der Waals surface area contributed by atoms with E-state index >= 15 is 0 Å². The Morgan fingerprint density at radius 2 is 1.58 bits per heavy atom. The molecule has 0 fully saturated rings. The van der Waals surface area contributed by atoms with E-state index < -0.39 is 16.0 Å². The molecule has 0 heterocycles. The Kier molecular flexibility index (Phi) is 6.27. The molecule has 1 unspecified atom stereocenters. The van der Waals surface area contributed by atoms with Gasteiger partial charge >= 0.3 is 5.97 Å². The molecule has 3 aromatic carbocycles. The summed E-state index contributed by atoms with van der Waals surface area (Å²) in [4.78, 5) is 11.8. The summed E-state index contributed by atoms with van der Waals surface area (Å²) in [5, 5.41) is 9.34. The Morgan fingerprint density at radius 1 is 0.903 bits per heavy atom. The van der Waals surface area contributed by atoms with E-state index in [1.54, 1.807) is 54.2 Å². The maximum absolute atomic E-state index is 12.5. The summed E-state index contributed by atoms with van der Waals surface area (Å²) in [6.45, 7) is 0.266. The Balaban J connectivity index is 1.57. The zero-order chi connectivity index (χ0) is 21.8. The summed E-state index contributed by atoms with van der Waals surface area (Å²) >= 11 is 1.59. The third-order valence-electron chi connectivity index (χ3n) is 5.07. The number of hydrogen-bond acceptors (Lipinski definition) is 4. The summed E-state index contributed by atoms with van der Waals surface area (Å²) in [6, 6.07) is 21.4. The quantitative estimate of drug-likeness (QED) is 0.510. The summed E-state index contributed by atoms with van der Waals surface area (Å²) in [6.07, 6.45) is 4.03. The lowest BCUT2D eigenvalue weighted by molar-refractivity contribution is 0.0696. The van der Waals surface area contributed by atoms with Gasteiger partial charge in [0.15, 0.2) is 0 Å². The summed E-state index contributed by atoms with van der Waals surface area (Å²) < 4.78 is 27.6. The van der Waals surface area contributed by atoms with E-state index in [1.807, 2.05) is 42.5 Å². The van der Waals surface area contributed by atoms with Crippen LogP contribution in [-0.2, 0) is 10.0 Å². The molecular weight excluding hydrogens is 430 g/mol. The van der Waals surface area contributed by atoms with Crippen LogP contribution in [0.3, 0.4) is 0 Å². The van der Waals surface area contributed by atoms with Crippen molar-refractivity contribution in [2.75, 3.05) is 12.3 Å². The fraction of sp³-hybridized carbons (Fsp3) is 0.125. The molecule has 7 heteroatoms. The van der Waals surface area contributed by atoms with E-state index in [2.05, 4.69) is 4.72 Å². The number of benzene rings is 3. The molecule has 1 aliphatic carbocycles. The first kappa shape index (κ1) is 21.4. The maximum atomic E-state index is 12.5. The van der Waals surface area contributed by atoms with E-state index in [1.165, 1.54) is 0 Å². The van der Waals surface area contributed by atoms with Gasteiger partial charge in [0.1, 0.15) is 0 Å². The van der Waals surface area contributed by atoms with Crippen LogP contribution in [-0.4, -0.2) is 31.8 Å². The van der Waals surface area contributed by atoms with Crippen molar-refractivity contribution in [3.8, 4) is 0 Å². The molecular formula is C24H21NO4S2. The van der Waals surface area contributed by atoms with Gasteiger partial charge in [-0.3, -0.25) is 0 Å². The maximum Gasteiger partial charge on any atom is 0.335 e. The van der Waals surface area contributed by atoms with Crippen molar-refractivity contribution < 1.29 is 18.3 Å². The zero-order valence-corrected chi connectivity index (χ0v) is 18.2. The van der Waals surface area contributed by atoms with Gasteiger partial charge < -0.3 is 5.11 Å². The lowest BCUT2D eigenvalue weighted by Gasteiger charge is -2.20. The number of carboxylic acids is 1. The second-order valence-electron chi connectivity index (χ2n) is 7.07. The monoisotopic (exact) mass is 451 g/mol. The van der Waals surface area contributed by atoms with Gasteiger partial charge in [-0.15, -0.1) is 11.8 Å². The van der Waals surface area contributed by atoms with Crippen LogP contribution < -0.4 is 4.72 Å². The smallest absolute Gasteiger partial charge is 0.335 e. The van der Waals surface area contributed by atoms with Crippen LogP contribution in [0.4, 0.5) is 0 Å². The van der Waals surface area contributed by atoms with Crippen molar-refractivity contribution >= 4 is 39.9 Å². The molecule has 0 aromatic heterocycles. The highest BCUT2D eigenvalue weighted by molar-refractivity contribution is 7.99. The first-order valence-electron chi connectivity index (χ1n) is 9.76. The van der Waals surface area contributed by atoms with Gasteiger partial charge in [-0.1, -0.05) is 60.7 Å². The highest BCUT2D eigenvalue weighted by Gasteiger charge is 2.23. The molecule has 0 saturated carbocycles. The van der Waals surface area contributed by atoms with E-state index in [4.69, 9.17) is 0 Å². The molecule has 0 spiro atoms.